The van der Waals surface area contributed by atoms with Crippen molar-refractivity contribution in [2.75, 3.05) is 69.6 Å². The Hall–Kier alpha value is -6.54. The van der Waals surface area contributed by atoms with Crippen LogP contribution in [0.3, 0.4) is 0 Å². The quantitative estimate of drug-likeness (QED) is 0.0121. The molecule has 0 atom stereocenters. The molecule has 6 N–H and O–H groups in total. The predicted octanol–water partition coefficient (Wildman–Crippen LogP) is 15.9. The standard InChI is InChI=1S/C12H14N2O3.C12H16N2O.C12H17NO2.C12H15NO.C8H11N.C6H11BrO2.3CH4.Cl2OS.H2/c1-2-9-5-6-10(14(16)17)8-11(9)13-7-3-4-12(13)15;1-2-9-5-6-10(13)8-11(9)14-7-3-4-12(14)15;1-2-10-6-3-4-7-11(10)13-9-5-8-12(14)15;1-2-10-6-3-4-7-11(10)13-9-5-8-12(13)14;1-2-7-5-3-4-6-8(7)9;1-2-9-6(8)4-3-5-7;;;;1-4(2)3;/h5-6,8H,2-4,7H2,1H3;5-6,8H,2-4,7,13H2,1H3;3-4,6-7,13H,2,5,8-9H2,1H3,(H,14,15);3-4,6-7H,2,5,8-9H2,1H3;3-6H,2,9H2,1H3;2-5H2,1H3;3*1H4;;1H. The topological polar surface area (TPSA) is 249 Å². The average molecular weight is 1320 g/mol. The Morgan fingerprint density at radius 2 is 1.07 bits per heavy atom. The fourth-order valence-electron chi connectivity index (χ4n) is 8.89. The monoisotopic (exact) mass is 1320 g/mol. The van der Waals surface area contributed by atoms with E-state index in [9.17, 15) is 34.1 Å². The van der Waals surface area contributed by atoms with Gasteiger partial charge in [0.2, 0.25) is 26.9 Å². The number of aryl methyl sites for hydroxylation is 5. The maximum Gasteiger partial charge on any atom is 0.305 e. The van der Waals surface area contributed by atoms with Gasteiger partial charge in [-0.2, -0.15) is 0 Å². The number of carbonyl (C=O) groups is 5. The SMILES string of the molecule is C.C.C.CCOC(=O)CCCBr.CCc1ccc(N)cc1N1CCCC1=O.CCc1ccc([N+](=O)[O-])cc1N1CCCC1=O.CCc1ccccc1N.CCc1ccccc1N1CCCC1=O.CCc1ccccc1NCCCC(=O)O.O=S(Cl)Cl.[HH]. The number of nitrogens with one attached hydrogen (secondary N) is 1. The van der Waals surface area contributed by atoms with E-state index in [4.69, 9.17) is 20.8 Å². The summed E-state index contributed by atoms with van der Waals surface area (Å²) in [5.41, 5.74) is 22.9. The van der Waals surface area contributed by atoms with Gasteiger partial charge in [-0.15, -0.1) is 0 Å². The van der Waals surface area contributed by atoms with Gasteiger partial charge >= 0.3 is 11.9 Å². The first kappa shape index (κ1) is 81.5. The van der Waals surface area contributed by atoms with Crippen LogP contribution >= 0.6 is 37.3 Å². The normalized spacial score (nSPS) is 12.6. The molecule has 8 rings (SSSR count). The summed E-state index contributed by atoms with van der Waals surface area (Å²) < 4.78 is 13.8. The number of nitro benzene ring substituents is 1. The van der Waals surface area contributed by atoms with Crippen LogP contribution in [0, 0.1) is 10.1 Å². The van der Waals surface area contributed by atoms with E-state index in [-0.39, 0.29) is 59.5 Å². The zero-order valence-electron chi connectivity index (χ0n) is 48.8. The molecule has 0 unspecified atom stereocenters. The zero-order valence-corrected chi connectivity index (χ0v) is 52.8. The van der Waals surface area contributed by atoms with Gasteiger partial charge in [-0.05, 0) is 129 Å². The summed E-state index contributed by atoms with van der Waals surface area (Å²) in [5.74, 6) is -0.293. The lowest BCUT2D eigenvalue weighted by molar-refractivity contribution is -0.384. The first-order valence-corrected chi connectivity index (χ1v) is 32.2. The third kappa shape index (κ3) is 30.2. The minimum Gasteiger partial charge on any atom is -0.481 e. The number of nitrogens with two attached hydrogens (primary N) is 2. The fourth-order valence-corrected chi connectivity index (χ4v) is 9.17. The molecule has 3 heterocycles. The Kier molecular flexibility index (Phi) is 44.2. The number of halogens is 3. The van der Waals surface area contributed by atoms with E-state index in [0.29, 0.717) is 57.5 Å². The number of aliphatic carboxylic acids is 1. The number of carboxylic acids is 1. The van der Waals surface area contributed by atoms with E-state index in [1.807, 2.05) is 96.4 Å². The highest BCUT2D eigenvalue weighted by Crippen LogP contribution is 2.31. The van der Waals surface area contributed by atoms with Crippen molar-refractivity contribution in [3.05, 3.63) is 147 Å². The van der Waals surface area contributed by atoms with E-state index in [1.54, 1.807) is 11.0 Å². The summed E-state index contributed by atoms with van der Waals surface area (Å²) >= 11 is 3.22. The van der Waals surface area contributed by atoms with Gasteiger partial charge in [0.1, 0.15) is 0 Å². The van der Waals surface area contributed by atoms with Crippen molar-refractivity contribution in [2.45, 2.75) is 160 Å². The largest absolute Gasteiger partial charge is 0.481 e. The van der Waals surface area contributed by atoms with E-state index in [1.165, 1.54) is 34.4 Å². The molecule has 17 nitrogen and oxygen atoms in total. The van der Waals surface area contributed by atoms with Gasteiger partial charge in [0, 0.05) is 127 Å². The molecule has 0 bridgehead atoms. The van der Waals surface area contributed by atoms with E-state index in [0.717, 1.165) is 110 Å². The van der Waals surface area contributed by atoms with Crippen molar-refractivity contribution >= 4 is 116 Å². The van der Waals surface area contributed by atoms with Crippen LogP contribution in [-0.2, 0) is 70.0 Å². The number of nitrogens with zero attached hydrogens (tertiary/aromatic N) is 4. The van der Waals surface area contributed by atoms with Gasteiger partial charge in [-0.1, -0.05) is 140 Å². The van der Waals surface area contributed by atoms with Crippen molar-refractivity contribution < 1.29 is 44.4 Å². The molecule has 0 saturated carbocycles. The maximum absolute atomic E-state index is 11.7. The molecule has 3 amide bonds. The summed E-state index contributed by atoms with van der Waals surface area (Å²) in [5, 5.41) is 23.4. The van der Waals surface area contributed by atoms with Crippen LogP contribution in [0.4, 0.5) is 39.8 Å². The molecule has 0 aliphatic carbocycles. The van der Waals surface area contributed by atoms with Crippen molar-refractivity contribution in [2.24, 2.45) is 0 Å². The first-order chi connectivity index (χ1) is 39.8. The number of anilines is 6. The Morgan fingerprint density at radius 1 is 0.640 bits per heavy atom. The van der Waals surface area contributed by atoms with Crippen LogP contribution in [0.5, 0.6) is 0 Å². The molecule has 480 valence electrons. The van der Waals surface area contributed by atoms with Crippen molar-refractivity contribution in [3.63, 3.8) is 0 Å². The Bertz CT molecular complexity index is 2850. The molecule has 3 aliphatic heterocycles. The van der Waals surface area contributed by atoms with Crippen LogP contribution < -0.4 is 31.5 Å². The lowest BCUT2D eigenvalue weighted by Crippen LogP contribution is -2.24. The summed E-state index contributed by atoms with van der Waals surface area (Å²) in [6.07, 6.45) is 11.6. The predicted molar refractivity (Wildman–Crippen MR) is 367 cm³/mol. The lowest BCUT2D eigenvalue weighted by atomic mass is 10.1. The zero-order chi connectivity index (χ0) is 61.7. The molecule has 5 aromatic carbocycles. The number of non-ortho nitro benzene ring substituents is 1. The van der Waals surface area contributed by atoms with Gasteiger partial charge in [0.25, 0.3) is 5.69 Å². The van der Waals surface area contributed by atoms with E-state index < -0.39 is 20.1 Å². The third-order valence-corrected chi connectivity index (χ3v) is 13.7. The number of amides is 3. The number of rotatable bonds is 18. The summed E-state index contributed by atoms with van der Waals surface area (Å²) in [4.78, 5) is 71.5. The molecular formula is C65H98BrCl2N7O10S. The molecule has 3 aliphatic rings. The first-order valence-electron chi connectivity index (χ1n) is 28.3. The number of esters is 1. The highest BCUT2D eigenvalue weighted by Gasteiger charge is 2.26. The second-order valence-corrected chi connectivity index (χ2v) is 22.2. The molecule has 86 heavy (non-hydrogen) atoms. The number of hydrogen-bond acceptors (Lipinski definition) is 12. The van der Waals surface area contributed by atoms with Crippen molar-refractivity contribution in [1.82, 2.24) is 0 Å². The highest BCUT2D eigenvalue weighted by atomic mass is 79.9. The van der Waals surface area contributed by atoms with Crippen molar-refractivity contribution in [1.29, 1.82) is 0 Å². The van der Waals surface area contributed by atoms with Crippen LogP contribution in [0.1, 0.15) is 157 Å². The Balaban J connectivity index is -0.000000964. The summed E-state index contributed by atoms with van der Waals surface area (Å²) in [6, 6.07) is 34.8. The molecule has 3 saturated heterocycles. The third-order valence-electron chi connectivity index (χ3n) is 13.2. The highest BCUT2D eigenvalue weighted by molar-refractivity contribution is 9.09. The molecule has 5 aromatic rings. The van der Waals surface area contributed by atoms with Crippen molar-refractivity contribution in [3.8, 4) is 0 Å². The van der Waals surface area contributed by atoms with Crippen LogP contribution in [0.2, 0.25) is 0 Å². The Labute approximate surface area is 534 Å². The number of ether oxygens (including phenoxy) is 1. The second kappa shape index (κ2) is 46.6. The van der Waals surface area contributed by atoms with Gasteiger partial charge in [0.15, 0.2) is 0 Å². The number of para-hydroxylation sites is 3. The lowest BCUT2D eigenvalue weighted by Gasteiger charge is -2.19. The number of carboxylic acid groups (broad SMARTS) is 1. The summed E-state index contributed by atoms with van der Waals surface area (Å²) in [6.45, 7) is 15.8. The minimum absolute atomic E-state index is 0. The van der Waals surface area contributed by atoms with E-state index >= 15 is 0 Å². The van der Waals surface area contributed by atoms with Gasteiger partial charge < -0.3 is 41.3 Å². The van der Waals surface area contributed by atoms with Crippen LogP contribution in [0.25, 0.3) is 0 Å². The fraction of sp³-hybridized carbons (Fsp3) is 0.462. The Morgan fingerprint density at radius 3 is 1.50 bits per heavy atom. The average Bonchev–Trinajstić information content (AvgIpc) is 3.68. The molecule has 3 fully saturated rings. The molecule has 0 aromatic heterocycles. The minimum atomic E-state index is -1.67. The molecule has 0 radical (unpaired) electrons. The molecule has 21 heteroatoms. The maximum atomic E-state index is 11.7. The molecule has 0 spiro atoms. The van der Waals surface area contributed by atoms with Crippen LogP contribution in [0.15, 0.2) is 109 Å². The van der Waals surface area contributed by atoms with Gasteiger partial charge in [0.05, 0.1) is 17.2 Å². The molecular weight excluding hydrogens is 1220 g/mol. The summed E-state index contributed by atoms with van der Waals surface area (Å²) in [7, 11) is 7.36. The number of hydrogen-bond donors (Lipinski definition) is 4. The second-order valence-electron chi connectivity index (χ2n) is 18.9. The number of carbonyl (C=O) groups excluding carboxylic acids is 4. The van der Waals surface area contributed by atoms with Gasteiger partial charge in [-0.3, -0.25) is 34.1 Å². The van der Waals surface area contributed by atoms with E-state index in [2.05, 4.69) is 93.2 Å². The number of alkyl halides is 1. The number of nitrogen functional groups attached to an aromatic ring is 2. The number of benzene rings is 5. The smallest absolute Gasteiger partial charge is 0.305 e. The van der Waals surface area contributed by atoms with Gasteiger partial charge in [-0.25, -0.2) is 4.21 Å². The van der Waals surface area contributed by atoms with Crippen LogP contribution in [-0.4, -0.2) is 82.0 Å². The number of nitro groups is 1.